The van der Waals surface area contributed by atoms with Crippen LogP contribution in [0.1, 0.15) is 24.2 Å². The number of ether oxygens (including phenoxy) is 1. The van der Waals surface area contributed by atoms with Crippen LogP contribution < -0.4 is 4.74 Å². The number of carbonyl (C=O) groups excluding carboxylic acids is 1. The molecule has 0 bridgehead atoms. The largest absolute Gasteiger partial charge is 0.497 e. The Hall–Kier alpha value is -1.03. The SMILES string of the molecule is COc1ccc(Br)c(C(=O)N(C)C(C)C)c1. The Kier molecular flexibility index (Phi) is 4.35. The van der Waals surface area contributed by atoms with Crippen molar-refractivity contribution >= 4 is 21.8 Å². The molecule has 4 heteroatoms. The quantitative estimate of drug-likeness (QED) is 0.855. The number of halogens is 1. The second-order valence-corrected chi connectivity index (χ2v) is 4.71. The number of nitrogens with zero attached hydrogens (tertiary/aromatic N) is 1. The minimum atomic E-state index is -0.0132. The highest BCUT2D eigenvalue weighted by atomic mass is 79.9. The molecule has 88 valence electrons. The molecule has 3 nitrogen and oxygen atoms in total. The maximum absolute atomic E-state index is 12.1. The van der Waals surface area contributed by atoms with Crippen molar-refractivity contribution < 1.29 is 9.53 Å². The van der Waals surface area contributed by atoms with E-state index in [1.165, 1.54) is 0 Å². The Labute approximate surface area is 105 Å². The minimum absolute atomic E-state index is 0.0132. The van der Waals surface area contributed by atoms with E-state index in [0.29, 0.717) is 11.3 Å². The first-order valence-corrected chi connectivity index (χ1v) is 5.87. The van der Waals surface area contributed by atoms with Crippen LogP contribution in [-0.4, -0.2) is 31.0 Å². The zero-order valence-electron chi connectivity index (χ0n) is 9.95. The van der Waals surface area contributed by atoms with E-state index < -0.39 is 0 Å². The third kappa shape index (κ3) is 2.76. The van der Waals surface area contributed by atoms with E-state index in [4.69, 9.17) is 4.74 Å². The smallest absolute Gasteiger partial charge is 0.255 e. The lowest BCUT2D eigenvalue weighted by molar-refractivity contribution is 0.0753. The van der Waals surface area contributed by atoms with Gasteiger partial charge in [0.25, 0.3) is 5.91 Å². The molecule has 0 aliphatic carbocycles. The first kappa shape index (κ1) is 13.0. The molecule has 0 aliphatic heterocycles. The van der Waals surface area contributed by atoms with Crippen LogP contribution in [0, 0.1) is 0 Å². The molecule has 1 rings (SSSR count). The first-order valence-electron chi connectivity index (χ1n) is 5.08. The van der Waals surface area contributed by atoms with E-state index in [9.17, 15) is 4.79 Å². The number of methoxy groups -OCH3 is 1. The maximum Gasteiger partial charge on any atom is 0.255 e. The third-order valence-corrected chi connectivity index (χ3v) is 3.19. The van der Waals surface area contributed by atoms with Crippen LogP contribution in [0.3, 0.4) is 0 Å². The number of amides is 1. The van der Waals surface area contributed by atoms with Gasteiger partial charge >= 0.3 is 0 Å². The summed E-state index contributed by atoms with van der Waals surface area (Å²) in [6.45, 7) is 3.96. The van der Waals surface area contributed by atoms with Crippen molar-refractivity contribution in [1.82, 2.24) is 4.90 Å². The van der Waals surface area contributed by atoms with Gasteiger partial charge in [0.05, 0.1) is 12.7 Å². The third-order valence-electron chi connectivity index (χ3n) is 2.50. The van der Waals surface area contributed by atoms with Crippen LogP contribution in [-0.2, 0) is 0 Å². The van der Waals surface area contributed by atoms with E-state index in [0.717, 1.165) is 4.47 Å². The van der Waals surface area contributed by atoms with Gasteiger partial charge in [0.2, 0.25) is 0 Å². The average molecular weight is 286 g/mol. The fraction of sp³-hybridized carbons (Fsp3) is 0.417. The van der Waals surface area contributed by atoms with Crippen molar-refractivity contribution in [3.63, 3.8) is 0 Å². The molecule has 1 aromatic carbocycles. The van der Waals surface area contributed by atoms with Gasteiger partial charge in [-0.1, -0.05) is 0 Å². The molecule has 0 unspecified atom stereocenters. The van der Waals surface area contributed by atoms with E-state index in [2.05, 4.69) is 15.9 Å². The molecule has 0 radical (unpaired) electrons. The lowest BCUT2D eigenvalue weighted by atomic mass is 10.1. The fourth-order valence-corrected chi connectivity index (χ4v) is 1.64. The van der Waals surface area contributed by atoms with Crippen LogP contribution in [0.2, 0.25) is 0 Å². The summed E-state index contributed by atoms with van der Waals surface area (Å²) in [6, 6.07) is 5.55. The maximum atomic E-state index is 12.1. The summed E-state index contributed by atoms with van der Waals surface area (Å²) in [5, 5.41) is 0. The highest BCUT2D eigenvalue weighted by Gasteiger charge is 2.17. The summed E-state index contributed by atoms with van der Waals surface area (Å²) in [4.78, 5) is 13.8. The lowest BCUT2D eigenvalue weighted by Gasteiger charge is -2.22. The molecule has 0 aromatic heterocycles. The standard InChI is InChI=1S/C12H16BrNO2/c1-8(2)14(3)12(15)10-7-9(16-4)5-6-11(10)13/h5-8H,1-4H3. The van der Waals surface area contributed by atoms with Gasteiger partial charge in [0.15, 0.2) is 0 Å². The van der Waals surface area contributed by atoms with Gasteiger partial charge in [-0.3, -0.25) is 4.79 Å². The Bertz CT molecular complexity index is 391. The van der Waals surface area contributed by atoms with Crippen molar-refractivity contribution in [2.45, 2.75) is 19.9 Å². The predicted molar refractivity (Wildman–Crippen MR) is 67.9 cm³/mol. The summed E-state index contributed by atoms with van der Waals surface area (Å²) in [5.41, 5.74) is 0.621. The zero-order valence-corrected chi connectivity index (χ0v) is 11.5. The molecular formula is C12H16BrNO2. The van der Waals surface area contributed by atoms with Gasteiger partial charge in [-0.2, -0.15) is 0 Å². The van der Waals surface area contributed by atoms with Gasteiger partial charge in [-0.25, -0.2) is 0 Å². The highest BCUT2D eigenvalue weighted by molar-refractivity contribution is 9.10. The van der Waals surface area contributed by atoms with Gasteiger partial charge in [-0.05, 0) is 48.0 Å². The predicted octanol–water partition coefficient (Wildman–Crippen LogP) is 2.94. The molecule has 0 saturated heterocycles. The summed E-state index contributed by atoms with van der Waals surface area (Å²) in [5.74, 6) is 0.671. The van der Waals surface area contributed by atoms with E-state index in [-0.39, 0.29) is 11.9 Å². The van der Waals surface area contributed by atoms with Crippen LogP contribution in [0.15, 0.2) is 22.7 Å². The Morgan fingerprint density at radius 3 is 2.56 bits per heavy atom. The van der Waals surface area contributed by atoms with Gasteiger partial charge in [-0.15, -0.1) is 0 Å². The summed E-state index contributed by atoms with van der Waals surface area (Å²) >= 11 is 3.37. The molecule has 16 heavy (non-hydrogen) atoms. The number of benzene rings is 1. The molecule has 0 heterocycles. The summed E-state index contributed by atoms with van der Waals surface area (Å²) in [6.07, 6.45) is 0. The molecule has 0 saturated carbocycles. The molecular weight excluding hydrogens is 270 g/mol. The molecule has 0 fully saturated rings. The van der Waals surface area contributed by atoms with E-state index in [1.54, 1.807) is 25.1 Å². The molecule has 0 N–H and O–H groups in total. The van der Waals surface area contributed by atoms with Gasteiger partial charge in [0.1, 0.15) is 5.75 Å². The van der Waals surface area contributed by atoms with Crippen molar-refractivity contribution in [1.29, 1.82) is 0 Å². The number of carbonyl (C=O) groups is 1. The summed E-state index contributed by atoms with van der Waals surface area (Å²) in [7, 11) is 3.38. The van der Waals surface area contributed by atoms with Crippen molar-refractivity contribution in [3.8, 4) is 5.75 Å². The molecule has 1 aromatic rings. The van der Waals surface area contributed by atoms with Crippen LogP contribution in [0.5, 0.6) is 5.75 Å². The Morgan fingerprint density at radius 1 is 1.44 bits per heavy atom. The number of hydrogen-bond acceptors (Lipinski definition) is 2. The van der Waals surface area contributed by atoms with Crippen LogP contribution >= 0.6 is 15.9 Å². The average Bonchev–Trinajstić information content (AvgIpc) is 2.27. The Balaban J connectivity index is 3.07. The number of rotatable bonds is 3. The number of hydrogen-bond donors (Lipinski definition) is 0. The lowest BCUT2D eigenvalue weighted by Crippen LogP contribution is -2.33. The molecule has 0 atom stereocenters. The van der Waals surface area contributed by atoms with Gasteiger partial charge in [0, 0.05) is 17.6 Å². The van der Waals surface area contributed by atoms with Crippen LogP contribution in [0.25, 0.3) is 0 Å². The molecule has 1 amide bonds. The van der Waals surface area contributed by atoms with E-state index in [1.807, 2.05) is 26.0 Å². The Morgan fingerprint density at radius 2 is 2.06 bits per heavy atom. The first-order chi connectivity index (χ1) is 7.47. The van der Waals surface area contributed by atoms with Crippen molar-refractivity contribution in [3.05, 3.63) is 28.2 Å². The summed E-state index contributed by atoms with van der Waals surface area (Å²) < 4.78 is 5.89. The van der Waals surface area contributed by atoms with E-state index >= 15 is 0 Å². The second kappa shape index (κ2) is 5.34. The topological polar surface area (TPSA) is 29.5 Å². The highest BCUT2D eigenvalue weighted by Crippen LogP contribution is 2.23. The van der Waals surface area contributed by atoms with Gasteiger partial charge < -0.3 is 9.64 Å². The van der Waals surface area contributed by atoms with Crippen molar-refractivity contribution in [2.24, 2.45) is 0 Å². The normalized spacial score (nSPS) is 10.4. The van der Waals surface area contributed by atoms with Crippen molar-refractivity contribution in [2.75, 3.05) is 14.2 Å². The zero-order chi connectivity index (χ0) is 12.3. The fourth-order valence-electron chi connectivity index (χ4n) is 1.22. The molecule has 0 aliphatic rings. The van der Waals surface area contributed by atoms with Crippen LogP contribution in [0.4, 0.5) is 0 Å². The molecule has 0 spiro atoms. The monoisotopic (exact) mass is 285 g/mol. The minimum Gasteiger partial charge on any atom is -0.497 e. The second-order valence-electron chi connectivity index (χ2n) is 3.86.